The molecule has 0 aliphatic carbocycles. The number of carbonyl (C=O) groups excluding carboxylic acids is 1. The highest BCUT2D eigenvalue weighted by Crippen LogP contribution is 2.34. The van der Waals surface area contributed by atoms with Gasteiger partial charge >= 0.3 is 0 Å². The van der Waals surface area contributed by atoms with Crippen LogP contribution in [0.15, 0.2) is 41.4 Å². The maximum Gasteiger partial charge on any atom is 0.225 e. The monoisotopic (exact) mass is 445 g/mol. The van der Waals surface area contributed by atoms with E-state index in [0.29, 0.717) is 11.7 Å². The van der Waals surface area contributed by atoms with Crippen LogP contribution in [-0.2, 0) is 11.2 Å². The number of hydrogen-bond acceptors (Lipinski definition) is 4. The molecular weight excluding hydrogens is 410 g/mol. The molecular formula is C28H35N3O2. The number of amides is 1. The molecule has 5 rings (SSSR count). The molecule has 33 heavy (non-hydrogen) atoms. The van der Waals surface area contributed by atoms with Gasteiger partial charge in [-0.2, -0.15) is 0 Å². The highest BCUT2D eigenvalue weighted by molar-refractivity contribution is 6.06. The lowest BCUT2D eigenvalue weighted by Gasteiger charge is -2.35. The first-order valence-corrected chi connectivity index (χ1v) is 12.6. The summed E-state index contributed by atoms with van der Waals surface area (Å²) in [6, 6.07) is 12.3. The molecule has 3 aliphatic heterocycles. The molecule has 2 aromatic rings. The van der Waals surface area contributed by atoms with E-state index in [9.17, 15) is 9.90 Å². The first kappa shape index (κ1) is 22.0. The molecule has 0 saturated carbocycles. The summed E-state index contributed by atoms with van der Waals surface area (Å²) in [5, 5.41) is 10.6. The fraction of sp³-hybridized carbons (Fsp3) is 0.500. The lowest BCUT2D eigenvalue weighted by Crippen LogP contribution is -2.43. The van der Waals surface area contributed by atoms with Crippen LogP contribution in [0.1, 0.15) is 61.6 Å². The van der Waals surface area contributed by atoms with E-state index >= 15 is 0 Å². The molecule has 2 aromatic carbocycles. The highest BCUT2D eigenvalue weighted by atomic mass is 16.3. The van der Waals surface area contributed by atoms with E-state index in [4.69, 9.17) is 4.99 Å². The van der Waals surface area contributed by atoms with Gasteiger partial charge in [-0.15, -0.1) is 0 Å². The number of aliphatic imine (C=N–C) groups is 1. The molecule has 5 nitrogen and oxygen atoms in total. The molecule has 174 valence electrons. The van der Waals surface area contributed by atoms with Crippen molar-refractivity contribution in [3.63, 3.8) is 0 Å². The number of likely N-dealkylation sites (tertiary alicyclic amines) is 1. The molecule has 3 heterocycles. The van der Waals surface area contributed by atoms with Crippen molar-refractivity contribution < 1.29 is 9.90 Å². The summed E-state index contributed by atoms with van der Waals surface area (Å²) in [6.07, 6.45) is 8.38. The third kappa shape index (κ3) is 4.78. The van der Waals surface area contributed by atoms with Crippen LogP contribution in [0, 0.1) is 12.8 Å². The lowest BCUT2D eigenvalue weighted by atomic mass is 9.93. The van der Waals surface area contributed by atoms with E-state index in [2.05, 4.69) is 41.0 Å². The Labute approximate surface area is 197 Å². The summed E-state index contributed by atoms with van der Waals surface area (Å²) in [5.41, 5.74) is 6.40. The average Bonchev–Trinajstić information content (AvgIpc) is 3.13. The van der Waals surface area contributed by atoms with Crippen molar-refractivity contribution in [3.05, 3.63) is 53.1 Å². The Morgan fingerprint density at radius 2 is 1.70 bits per heavy atom. The van der Waals surface area contributed by atoms with Crippen molar-refractivity contribution in [1.82, 2.24) is 4.90 Å². The van der Waals surface area contributed by atoms with E-state index in [-0.39, 0.29) is 5.92 Å². The first-order chi connectivity index (χ1) is 16.1. The Morgan fingerprint density at radius 3 is 2.45 bits per heavy atom. The van der Waals surface area contributed by atoms with Gasteiger partial charge in [0.05, 0.1) is 11.4 Å². The number of rotatable bonds is 3. The van der Waals surface area contributed by atoms with E-state index < -0.39 is 0 Å². The van der Waals surface area contributed by atoms with Gasteiger partial charge in [0.25, 0.3) is 0 Å². The van der Waals surface area contributed by atoms with Crippen LogP contribution in [0.25, 0.3) is 0 Å². The van der Waals surface area contributed by atoms with Crippen LogP contribution >= 0.6 is 0 Å². The van der Waals surface area contributed by atoms with Crippen molar-refractivity contribution in [3.8, 4) is 5.75 Å². The fourth-order valence-electron chi connectivity index (χ4n) is 5.52. The first-order valence-electron chi connectivity index (χ1n) is 12.6. The van der Waals surface area contributed by atoms with Gasteiger partial charge in [-0.05, 0) is 80.8 Å². The van der Waals surface area contributed by atoms with Gasteiger partial charge in [-0.3, -0.25) is 9.79 Å². The topological polar surface area (TPSA) is 56.1 Å². The smallest absolute Gasteiger partial charge is 0.225 e. The molecule has 0 bridgehead atoms. The standard InChI is InChI=1S/C28H35N3O2/c1-20-6-7-21-8-10-25(29-26(21)18-20)24-19-23(9-11-27(24)32)30-16-12-22(13-17-30)28(33)31-14-4-2-3-5-15-31/h6-7,9,11,18-19,22,32H,2-5,8,10,12-17H2,1H3. The third-order valence-electron chi connectivity index (χ3n) is 7.55. The second-order valence-electron chi connectivity index (χ2n) is 9.89. The summed E-state index contributed by atoms with van der Waals surface area (Å²) in [5.74, 6) is 0.812. The Bertz CT molecular complexity index is 1050. The van der Waals surface area contributed by atoms with Crippen LogP contribution in [-0.4, -0.2) is 47.8 Å². The molecule has 3 aliphatic rings. The molecule has 0 radical (unpaired) electrons. The zero-order valence-corrected chi connectivity index (χ0v) is 19.7. The van der Waals surface area contributed by atoms with Gasteiger partial charge < -0.3 is 14.9 Å². The van der Waals surface area contributed by atoms with Gasteiger partial charge in [0.1, 0.15) is 5.75 Å². The number of carbonyl (C=O) groups is 1. The second-order valence-corrected chi connectivity index (χ2v) is 9.89. The van der Waals surface area contributed by atoms with Crippen molar-refractivity contribution in [2.24, 2.45) is 10.9 Å². The summed E-state index contributed by atoms with van der Waals surface area (Å²) in [4.78, 5) is 22.4. The van der Waals surface area contributed by atoms with Crippen LogP contribution in [0.4, 0.5) is 11.4 Å². The van der Waals surface area contributed by atoms with Gasteiger partial charge in [-0.25, -0.2) is 0 Å². The van der Waals surface area contributed by atoms with E-state index in [1.165, 1.54) is 24.0 Å². The van der Waals surface area contributed by atoms with Crippen molar-refractivity contribution in [1.29, 1.82) is 0 Å². The minimum atomic E-state index is 0.151. The quantitative estimate of drug-likeness (QED) is 0.689. The highest BCUT2D eigenvalue weighted by Gasteiger charge is 2.29. The number of hydrogen-bond donors (Lipinski definition) is 1. The Kier molecular flexibility index (Phi) is 6.39. The van der Waals surface area contributed by atoms with E-state index in [1.807, 2.05) is 6.07 Å². The van der Waals surface area contributed by atoms with Crippen molar-refractivity contribution in [2.45, 2.75) is 58.3 Å². The van der Waals surface area contributed by atoms with Crippen LogP contribution in [0.3, 0.4) is 0 Å². The maximum atomic E-state index is 13.0. The van der Waals surface area contributed by atoms with Crippen LogP contribution in [0.2, 0.25) is 0 Å². The number of anilines is 1. The third-order valence-corrected chi connectivity index (χ3v) is 7.55. The predicted octanol–water partition coefficient (Wildman–Crippen LogP) is 5.39. The SMILES string of the molecule is Cc1ccc2c(c1)N=C(c1cc(N3CCC(C(=O)N4CCCCCC4)CC3)ccc1O)CC2. The average molecular weight is 446 g/mol. The molecule has 1 N–H and O–H groups in total. The van der Waals surface area contributed by atoms with Crippen molar-refractivity contribution in [2.75, 3.05) is 31.1 Å². The number of fused-ring (bicyclic) bond motifs is 1. The molecule has 0 spiro atoms. The van der Waals surface area contributed by atoms with Gasteiger partial charge in [0.2, 0.25) is 5.91 Å². The largest absolute Gasteiger partial charge is 0.507 e. The fourth-order valence-corrected chi connectivity index (χ4v) is 5.52. The molecule has 2 fully saturated rings. The number of phenolic OH excluding ortho intramolecular Hbond substituents is 1. The second kappa shape index (κ2) is 9.58. The number of aryl methyl sites for hydroxylation is 2. The van der Waals surface area contributed by atoms with Gasteiger partial charge in [0, 0.05) is 43.3 Å². The van der Waals surface area contributed by atoms with Crippen molar-refractivity contribution >= 4 is 23.0 Å². The van der Waals surface area contributed by atoms with E-state index in [0.717, 1.165) is 87.4 Å². The number of aromatic hydroxyl groups is 1. The summed E-state index contributed by atoms with van der Waals surface area (Å²) >= 11 is 0. The Balaban J connectivity index is 1.29. The molecule has 1 amide bonds. The zero-order chi connectivity index (χ0) is 22.8. The Morgan fingerprint density at radius 1 is 0.939 bits per heavy atom. The lowest BCUT2D eigenvalue weighted by molar-refractivity contribution is -0.136. The minimum absolute atomic E-state index is 0.151. The maximum absolute atomic E-state index is 13.0. The van der Waals surface area contributed by atoms with E-state index in [1.54, 1.807) is 6.07 Å². The van der Waals surface area contributed by atoms with Crippen LogP contribution in [0.5, 0.6) is 5.75 Å². The van der Waals surface area contributed by atoms with Gasteiger partial charge in [0.15, 0.2) is 0 Å². The molecule has 2 saturated heterocycles. The normalized spacial score (nSPS) is 19.6. The molecule has 5 heteroatoms. The zero-order valence-electron chi connectivity index (χ0n) is 19.7. The summed E-state index contributed by atoms with van der Waals surface area (Å²) in [7, 11) is 0. The van der Waals surface area contributed by atoms with Crippen LogP contribution < -0.4 is 4.90 Å². The molecule has 0 aromatic heterocycles. The minimum Gasteiger partial charge on any atom is -0.507 e. The number of phenols is 1. The summed E-state index contributed by atoms with van der Waals surface area (Å²) < 4.78 is 0. The molecule has 0 unspecified atom stereocenters. The Hall–Kier alpha value is -2.82. The molecule has 0 atom stereocenters. The summed E-state index contributed by atoms with van der Waals surface area (Å²) in [6.45, 7) is 5.71. The predicted molar refractivity (Wildman–Crippen MR) is 134 cm³/mol. The number of nitrogens with zero attached hydrogens (tertiary/aromatic N) is 3. The van der Waals surface area contributed by atoms with Gasteiger partial charge in [-0.1, -0.05) is 25.0 Å². The number of benzene rings is 2. The number of piperidine rings is 1.